The molecule has 1 atom stereocenters. The lowest BCUT2D eigenvalue weighted by atomic mass is 10.0. The molecular formula is C14H17F3N4. The first kappa shape index (κ1) is 15.5. The maximum absolute atomic E-state index is 12.6. The number of aromatic nitrogens is 2. The minimum atomic E-state index is -4.34. The van der Waals surface area contributed by atoms with E-state index >= 15 is 0 Å². The highest BCUT2D eigenvalue weighted by molar-refractivity contribution is 5.32. The van der Waals surface area contributed by atoms with Crippen molar-refractivity contribution in [2.75, 3.05) is 0 Å². The number of hydrazine groups is 1. The molecule has 114 valence electrons. The second kappa shape index (κ2) is 5.87. The molecule has 0 aliphatic carbocycles. The maximum atomic E-state index is 12.6. The Kier molecular flexibility index (Phi) is 4.34. The van der Waals surface area contributed by atoms with E-state index in [2.05, 4.69) is 10.5 Å². The lowest BCUT2D eigenvalue weighted by molar-refractivity contribution is -0.137. The van der Waals surface area contributed by atoms with Gasteiger partial charge < -0.3 is 0 Å². The van der Waals surface area contributed by atoms with Gasteiger partial charge in [0, 0.05) is 6.54 Å². The van der Waals surface area contributed by atoms with E-state index in [1.165, 1.54) is 12.1 Å². The summed E-state index contributed by atoms with van der Waals surface area (Å²) in [6.07, 6.45) is -4.34. The third-order valence-corrected chi connectivity index (χ3v) is 3.27. The van der Waals surface area contributed by atoms with Crippen molar-refractivity contribution in [1.82, 2.24) is 15.2 Å². The van der Waals surface area contributed by atoms with Gasteiger partial charge >= 0.3 is 6.18 Å². The first-order chi connectivity index (χ1) is 9.86. The van der Waals surface area contributed by atoms with E-state index in [0.29, 0.717) is 12.1 Å². The summed E-state index contributed by atoms with van der Waals surface area (Å²) in [5.41, 5.74) is 4.26. The molecule has 3 N–H and O–H groups in total. The van der Waals surface area contributed by atoms with Crippen LogP contribution >= 0.6 is 0 Å². The molecule has 0 fully saturated rings. The van der Waals surface area contributed by atoms with Crippen molar-refractivity contribution >= 4 is 0 Å². The average molecular weight is 298 g/mol. The fourth-order valence-corrected chi connectivity index (χ4v) is 2.27. The highest BCUT2D eigenvalue weighted by Crippen LogP contribution is 2.31. The van der Waals surface area contributed by atoms with E-state index in [1.54, 1.807) is 4.68 Å². The molecule has 0 bridgehead atoms. The molecule has 1 heterocycles. The number of hydrogen-bond donors (Lipinski definition) is 2. The number of nitrogens with one attached hydrogen (secondary N) is 1. The van der Waals surface area contributed by atoms with Crippen LogP contribution in [-0.4, -0.2) is 9.78 Å². The molecule has 4 nitrogen and oxygen atoms in total. The van der Waals surface area contributed by atoms with E-state index in [-0.39, 0.29) is 0 Å². The van der Waals surface area contributed by atoms with Crippen LogP contribution in [0.5, 0.6) is 0 Å². The van der Waals surface area contributed by atoms with Gasteiger partial charge in [0.15, 0.2) is 0 Å². The van der Waals surface area contributed by atoms with Gasteiger partial charge in [-0.05, 0) is 37.6 Å². The molecule has 1 aromatic carbocycles. The number of halogens is 3. The molecule has 0 saturated carbocycles. The number of benzene rings is 1. The van der Waals surface area contributed by atoms with Gasteiger partial charge in [0.05, 0.1) is 23.0 Å². The topological polar surface area (TPSA) is 55.9 Å². The molecule has 0 aliphatic heterocycles. The van der Waals surface area contributed by atoms with Gasteiger partial charge in [-0.3, -0.25) is 10.5 Å². The minimum Gasteiger partial charge on any atom is -0.271 e. The lowest BCUT2D eigenvalue weighted by Gasteiger charge is -2.18. The van der Waals surface area contributed by atoms with Gasteiger partial charge in [-0.15, -0.1) is 0 Å². The molecule has 2 rings (SSSR count). The predicted molar refractivity (Wildman–Crippen MR) is 73.2 cm³/mol. The molecule has 21 heavy (non-hydrogen) atoms. The molecule has 0 radical (unpaired) electrons. The van der Waals surface area contributed by atoms with Crippen LogP contribution in [0.2, 0.25) is 0 Å². The third kappa shape index (κ3) is 3.25. The Balaban J connectivity index is 2.37. The standard InChI is InChI=1S/C14H17F3N4/c1-3-21-12(8-9(2)20-21)13(19-18)10-4-6-11(7-5-10)14(15,16)17/h4-8,13,19H,3,18H2,1-2H3. The van der Waals surface area contributed by atoms with Crippen molar-refractivity contribution in [3.63, 3.8) is 0 Å². The van der Waals surface area contributed by atoms with Crippen LogP contribution < -0.4 is 11.3 Å². The van der Waals surface area contributed by atoms with E-state index < -0.39 is 17.8 Å². The van der Waals surface area contributed by atoms with Crippen molar-refractivity contribution in [2.24, 2.45) is 5.84 Å². The highest BCUT2D eigenvalue weighted by Gasteiger charge is 2.30. The molecule has 0 spiro atoms. The van der Waals surface area contributed by atoms with Crippen molar-refractivity contribution in [3.8, 4) is 0 Å². The molecule has 1 aromatic heterocycles. The van der Waals surface area contributed by atoms with Crippen LogP contribution in [0.4, 0.5) is 13.2 Å². The number of alkyl halides is 3. The van der Waals surface area contributed by atoms with Crippen LogP contribution in [0.1, 0.15) is 35.5 Å². The van der Waals surface area contributed by atoms with E-state index in [9.17, 15) is 13.2 Å². The SMILES string of the molecule is CCn1nc(C)cc1C(NN)c1ccc(C(F)(F)F)cc1. The maximum Gasteiger partial charge on any atom is 0.416 e. The Bertz CT molecular complexity index is 602. The van der Waals surface area contributed by atoms with Crippen molar-refractivity contribution in [1.29, 1.82) is 0 Å². The monoisotopic (exact) mass is 298 g/mol. The van der Waals surface area contributed by atoms with Crippen LogP contribution in [0.15, 0.2) is 30.3 Å². The van der Waals surface area contributed by atoms with Crippen LogP contribution in [0, 0.1) is 6.92 Å². The Morgan fingerprint density at radius 3 is 2.38 bits per heavy atom. The Hall–Kier alpha value is -1.86. The summed E-state index contributed by atoms with van der Waals surface area (Å²) >= 11 is 0. The summed E-state index contributed by atoms with van der Waals surface area (Å²) in [6.45, 7) is 4.45. The Morgan fingerprint density at radius 1 is 1.29 bits per heavy atom. The zero-order valence-electron chi connectivity index (χ0n) is 11.8. The third-order valence-electron chi connectivity index (χ3n) is 3.27. The zero-order valence-corrected chi connectivity index (χ0v) is 11.8. The second-order valence-corrected chi connectivity index (χ2v) is 4.75. The van der Waals surface area contributed by atoms with Gasteiger partial charge in [-0.25, -0.2) is 5.43 Å². The number of rotatable bonds is 4. The fraction of sp³-hybridized carbons (Fsp3) is 0.357. The summed E-state index contributed by atoms with van der Waals surface area (Å²) in [7, 11) is 0. The molecule has 1 unspecified atom stereocenters. The lowest BCUT2D eigenvalue weighted by Crippen LogP contribution is -2.30. The van der Waals surface area contributed by atoms with Gasteiger partial charge in [0.1, 0.15) is 0 Å². The normalized spacial score (nSPS) is 13.4. The smallest absolute Gasteiger partial charge is 0.271 e. The van der Waals surface area contributed by atoms with E-state index in [4.69, 9.17) is 5.84 Å². The van der Waals surface area contributed by atoms with Gasteiger partial charge in [0.2, 0.25) is 0 Å². The molecule has 7 heteroatoms. The highest BCUT2D eigenvalue weighted by atomic mass is 19.4. The molecule has 0 amide bonds. The quantitative estimate of drug-likeness (QED) is 0.674. The van der Waals surface area contributed by atoms with Crippen LogP contribution in [-0.2, 0) is 12.7 Å². The summed E-state index contributed by atoms with van der Waals surface area (Å²) in [6, 6.07) is 6.42. The van der Waals surface area contributed by atoms with E-state index in [0.717, 1.165) is 23.5 Å². The first-order valence-corrected chi connectivity index (χ1v) is 6.54. The summed E-state index contributed by atoms with van der Waals surface area (Å²) in [4.78, 5) is 0. The second-order valence-electron chi connectivity index (χ2n) is 4.75. The van der Waals surface area contributed by atoms with Crippen molar-refractivity contribution in [3.05, 3.63) is 52.8 Å². The number of nitrogens with zero attached hydrogens (tertiary/aromatic N) is 2. The molecular weight excluding hydrogens is 281 g/mol. The van der Waals surface area contributed by atoms with Gasteiger partial charge in [-0.1, -0.05) is 12.1 Å². The van der Waals surface area contributed by atoms with Crippen molar-refractivity contribution < 1.29 is 13.2 Å². The number of aryl methyl sites for hydroxylation is 2. The van der Waals surface area contributed by atoms with Crippen LogP contribution in [0.25, 0.3) is 0 Å². The minimum absolute atomic E-state index is 0.409. The Morgan fingerprint density at radius 2 is 1.90 bits per heavy atom. The van der Waals surface area contributed by atoms with Crippen LogP contribution in [0.3, 0.4) is 0 Å². The summed E-state index contributed by atoms with van der Waals surface area (Å²) in [5, 5.41) is 4.32. The van der Waals surface area contributed by atoms with E-state index in [1.807, 2.05) is 19.9 Å². The van der Waals surface area contributed by atoms with Crippen molar-refractivity contribution in [2.45, 2.75) is 32.6 Å². The summed E-state index contributed by atoms with van der Waals surface area (Å²) < 4.78 is 39.6. The fourth-order valence-electron chi connectivity index (χ4n) is 2.27. The van der Waals surface area contributed by atoms with Gasteiger partial charge in [-0.2, -0.15) is 18.3 Å². The first-order valence-electron chi connectivity index (χ1n) is 6.54. The molecule has 2 aromatic rings. The largest absolute Gasteiger partial charge is 0.416 e. The number of hydrogen-bond acceptors (Lipinski definition) is 3. The predicted octanol–water partition coefficient (Wildman–Crippen LogP) is 2.78. The number of nitrogens with two attached hydrogens (primary N) is 1. The average Bonchev–Trinajstić information content (AvgIpc) is 2.80. The summed E-state index contributed by atoms with van der Waals surface area (Å²) in [5.74, 6) is 5.58. The van der Waals surface area contributed by atoms with Gasteiger partial charge in [0.25, 0.3) is 0 Å². The molecule has 0 aliphatic rings. The zero-order chi connectivity index (χ0) is 15.6. The molecule has 0 saturated heterocycles. The Labute approximate surface area is 120 Å².